The Labute approximate surface area is 261 Å². The van der Waals surface area contributed by atoms with Crippen LogP contribution in [0, 0.1) is 0 Å². The first-order valence-electron chi connectivity index (χ1n) is 15.6. The van der Waals surface area contributed by atoms with Gasteiger partial charge in [-0.25, -0.2) is 4.79 Å². The molecule has 1 saturated heterocycles. The van der Waals surface area contributed by atoms with Crippen LogP contribution in [0.25, 0.3) is 0 Å². The lowest BCUT2D eigenvalue weighted by atomic mass is 9.96. The minimum atomic E-state index is -1.23. The Bertz CT molecular complexity index is 921. The van der Waals surface area contributed by atoms with Crippen LogP contribution in [-0.4, -0.2) is 85.4 Å². The molecule has 0 bridgehead atoms. The summed E-state index contributed by atoms with van der Waals surface area (Å²) in [6.45, 7) is 11.9. The summed E-state index contributed by atoms with van der Waals surface area (Å²) in [6.07, 6.45) is 4.13. The first-order chi connectivity index (χ1) is 20.6. The Balaban J connectivity index is 3.15. The highest BCUT2D eigenvalue weighted by atomic mass is 16.7. The van der Waals surface area contributed by atoms with Crippen molar-refractivity contribution in [3.05, 3.63) is 0 Å². The number of unbranched alkanes of at least 4 members (excludes halogenated alkanes) is 7. The Kier molecular flexibility index (Phi) is 17.9. The zero-order chi connectivity index (χ0) is 33.3. The second-order valence-corrected chi connectivity index (χ2v) is 12.2. The molecular formula is C31H54N2O11. The van der Waals surface area contributed by atoms with Crippen LogP contribution >= 0.6 is 0 Å². The van der Waals surface area contributed by atoms with Gasteiger partial charge in [0.25, 0.3) is 0 Å². The Morgan fingerprint density at radius 1 is 0.795 bits per heavy atom. The maximum atomic E-state index is 12.7. The van der Waals surface area contributed by atoms with E-state index in [1.54, 1.807) is 20.8 Å². The predicted octanol–water partition coefficient (Wildman–Crippen LogP) is 4.08. The maximum Gasteiger partial charge on any atom is 0.407 e. The van der Waals surface area contributed by atoms with Crippen molar-refractivity contribution in [2.75, 3.05) is 13.2 Å². The highest BCUT2D eigenvalue weighted by Crippen LogP contribution is 2.28. The molecule has 0 aliphatic carbocycles. The molecule has 13 nitrogen and oxygen atoms in total. The van der Waals surface area contributed by atoms with E-state index in [0.717, 1.165) is 25.7 Å². The van der Waals surface area contributed by atoms with E-state index in [1.807, 2.05) is 0 Å². The van der Waals surface area contributed by atoms with Crippen molar-refractivity contribution >= 4 is 29.9 Å². The van der Waals surface area contributed by atoms with E-state index in [2.05, 4.69) is 17.6 Å². The fraction of sp³-hybridized carbons (Fsp3) is 0.839. The van der Waals surface area contributed by atoms with Crippen LogP contribution in [0.15, 0.2) is 0 Å². The average Bonchev–Trinajstić information content (AvgIpc) is 2.88. The van der Waals surface area contributed by atoms with E-state index >= 15 is 0 Å². The van der Waals surface area contributed by atoms with E-state index in [-0.39, 0.29) is 13.2 Å². The normalized spacial score (nSPS) is 22.3. The van der Waals surface area contributed by atoms with Crippen LogP contribution in [0.3, 0.4) is 0 Å². The number of ether oxygens (including phenoxy) is 6. The highest BCUT2D eigenvalue weighted by Gasteiger charge is 2.51. The molecule has 0 aromatic rings. The van der Waals surface area contributed by atoms with Gasteiger partial charge in [0.2, 0.25) is 5.91 Å². The third-order valence-corrected chi connectivity index (χ3v) is 6.66. The fourth-order valence-corrected chi connectivity index (χ4v) is 4.84. The Morgan fingerprint density at radius 2 is 1.36 bits per heavy atom. The summed E-state index contributed by atoms with van der Waals surface area (Å²) in [4.78, 5) is 60.5. The van der Waals surface area contributed by atoms with Crippen LogP contribution in [0.4, 0.5) is 4.79 Å². The van der Waals surface area contributed by atoms with E-state index in [9.17, 15) is 24.0 Å². The van der Waals surface area contributed by atoms with Gasteiger partial charge >= 0.3 is 24.0 Å². The molecule has 254 valence electrons. The quantitative estimate of drug-likeness (QED) is 0.127. The van der Waals surface area contributed by atoms with E-state index in [1.165, 1.54) is 53.4 Å². The SMILES string of the molecule is CCCCCCCCCC[C@H](CO[C@@H]1O[C@H](COC(C)=O)[C@@H](OC(C)=O)[C@H](OC(C)=O)[C@H]1NC(C)=O)NC(=O)OC(C)(C)C. The largest absolute Gasteiger partial charge is 0.463 e. The summed E-state index contributed by atoms with van der Waals surface area (Å²) in [5, 5.41) is 5.54. The smallest absolute Gasteiger partial charge is 0.407 e. The summed E-state index contributed by atoms with van der Waals surface area (Å²) in [7, 11) is 0. The summed E-state index contributed by atoms with van der Waals surface area (Å²) >= 11 is 0. The minimum absolute atomic E-state index is 0.0399. The van der Waals surface area contributed by atoms with Gasteiger partial charge in [0.1, 0.15) is 24.4 Å². The molecule has 1 aliphatic rings. The van der Waals surface area contributed by atoms with Gasteiger partial charge < -0.3 is 39.1 Å². The van der Waals surface area contributed by atoms with Crippen LogP contribution in [0.5, 0.6) is 0 Å². The zero-order valence-corrected chi connectivity index (χ0v) is 27.7. The van der Waals surface area contributed by atoms with Gasteiger partial charge in [-0.05, 0) is 27.2 Å². The van der Waals surface area contributed by atoms with Gasteiger partial charge in [-0.15, -0.1) is 0 Å². The minimum Gasteiger partial charge on any atom is -0.463 e. The van der Waals surface area contributed by atoms with E-state index in [4.69, 9.17) is 28.4 Å². The molecule has 0 aromatic heterocycles. The molecule has 44 heavy (non-hydrogen) atoms. The van der Waals surface area contributed by atoms with Crippen molar-refractivity contribution in [2.45, 2.75) is 155 Å². The molecule has 0 aromatic carbocycles. The average molecular weight is 631 g/mol. The van der Waals surface area contributed by atoms with Crippen LogP contribution in [-0.2, 0) is 47.6 Å². The van der Waals surface area contributed by atoms with E-state index in [0.29, 0.717) is 6.42 Å². The standard InChI is InChI=1S/C31H54N2O11/c1-9-10-11-12-13-14-15-16-17-24(33-30(38)44-31(6,7)8)18-40-29-26(32-20(2)34)28(42-23(5)37)27(41-22(4)36)25(43-29)19-39-21(3)35/h24-29H,9-19H2,1-8H3,(H,32,34)(H,33,38)/t24-,25-,26-,27-,28-,29-/m1/s1. The van der Waals surface area contributed by atoms with Gasteiger partial charge in [-0.2, -0.15) is 0 Å². The molecule has 2 amide bonds. The fourth-order valence-electron chi connectivity index (χ4n) is 4.84. The Hall–Kier alpha value is -2.93. The lowest BCUT2D eigenvalue weighted by Gasteiger charge is -2.45. The first kappa shape index (κ1) is 39.1. The van der Waals surface area contributed by atoms with Crippen molar-refractivity contribution in [3.8, 4) is 0 Å². The molecule has 13 heteroatoms. The molecule has 1 fully saturated rings. The predicted molar refractivity (Wildman–Crippen MR) is 160 cm³/mol. The van der Waals surface area contributed by atoms with Crippen LogP contribution in [0.1, 0.15) is 113 Å². The van der Waals surface area contributed by atoms with E-state index < -0.39 is 72.2 Å². The zero-order valence-electron chi connectivity index (χ0n) is 27.7. The number of esters is 3. The number of alkyl carbamates (subject to hydrolysis) is 1. The van der Waals surface area contributed by atoms with Gasteiger partial charge in [-0.3, -0.25) is 19.2 Å². The molecule has 0 spiro atoms. The van der Waals surface area contributed by atoms with Gasteiger partial charge in [0.15, 0.2) is 18.5 Å². The lowest BCUT2D eigenvalue weighted by Crippen LogP contribution is -2.66. The van der Waals surface area contributed by atoms with Crippen LogP contribution in [0.2, 0.25) is 0 Å². The van der Waals surface area contributed by atoms with Gasteiger partial charge in [-0.1, -0.05) is 58.3 Å². The highest BCUT2D eigenvalue weighted by molar-refractivity contribution is 5.73. The van der Waals surface area contributed by atoms with Crippen molar-refractivity contribution in [1.29, 1.82) is 0 Å². The second-order valence-electron chi connectivity index (χ2n) is 12.2. The van der Waals surface area contributed by atoms with Crippen molar-refractivity contribution in [3.63, 3.8) is 0 Å². The monoisotopic (exact) mass is 630 g/mol. The third-order valence-electron chi connectivity index (χ3n) is 6.66. The molecule has 1 aliphatic heterocycles. The first-order valence-corrected chi connectivity index (χ1v) is 15.6. The number of hydrogen-bond acceptors (Lipinski definition) is 11. The molecule has 1 rings (SSSR count). The number of rotatable bonds is 18. The second kappa shape index (κ2) is 20.2. The summed E-state index contributed by atoms with van der Waals surface area (Å²) in [6, 6.07) is -1.57. The summed E-state index contributed by atoms with van der Waals surface area (Å²) in [5.74, 6) is -2.48. The molecule has 6 atom stereocenters. The number of amides is 2. The molecule has 0 saturated carbocycles. The van der Waals surface area contributed by atoms with Gasteiger partial charge in [0, 0.05) is 27.7 Å². The molecular weight excluding hydrogens is 576 g/mol. The molecule has 1 heterocycles. The molecule has 2 N–H and O–H groups in total. The van der Waals surface area contributed by atoms with Crippen LogP contribution < -0.4 is 10.6 Å². The third kappa shape index (κ3) is 16.8. The van der Waals surface area contributed by atoms with Gasteiger partial charge in [0.05, 0.1) is 12.6 Å². The van der Waals surface area contributed by atoms with Crippen molar-refractivity contribution in [2.24, 2.45) is 0 Å². The number of nitrogens with one attached hydrogen (secondary N) is 2. The summed E-state index contributed by atoms with van der Waals surface area (Å²) in [5.41, 5.74) is -0.704. The summed E-state index contributed by atoms with van der Waals surface area (Å²) < 4.78 is 33.7. The topological polar surface area (TPSA) is 165 Å². The Morgan fingerprint density at radius 3 is 1.89 bits per heavy atom. The molecule has 0 radical (unpaired) electrons. The molecule has 0 unspecified atom stereocenters. The van der Waals surface area contributed by atoms with Crippen molar-refractivity contribution < 1.29 is 52.4 Å². The van der Waals surface area contributed by atoms with Crippen molar-refractivity contribution in [1.82, 2.24) is 10.6 Å². The maximum absolute atomic E-state index is 12.7. The number of carbonyl (C=O) groups is 5. The lowest BCUT2D eigenvalue weighted by molar-refractivity contribution is -0.278. The number of carbonyl (C=O) groups excluding carboxylic acids is 5. The number of hydrogen-bond donors (Lipinski definition) is 2.